The van der Waals surface area contributed by atoms with Crippen LogP contribution in [0.5, 0.6) is 0 Å². The standard InChI is InChI=1S/C17H27ClN2O/c1-12(2)8-14(11-19)9-17(21)20(4)13(3)15-6-5-7-16(18)10-15/h5-7,10,12-14H,8-9,11,19H2,1-4H3. The van der Waals surface area contributed by atoms with Gasteiger partial charge in [0.2, 0.25) is 5.91 Å². The van der Waals surface area contributed by atoms with Gasteiger partial charge in [-0.05, 0) is 49.4 Å². The minimum atomic E-state index is 0.00803. The summed E-state index contributed by atoms with van der Waals surface area (Å²) in [7, 11) is 1.84. The van der Waals surface area contributed by atoms with Gasteiger partial charge < -0.3 is 10.6 Å². The number of rotatable bonds is 7. The van der Waals surface area contributed by atoms with E-state index in [4.69, 9.17) is 17.3 Å². The highest BCUT2D eigenvalue weighted by Gasteiger charge is 2.21. The second kappa shape index (κ2) is 8.40. The van der Waals surface area contributed by atoms with E-state index in [1.54, 1.807) is 4.90 Å². The lowest BCUT2D eigenvalue weighted by atomic mass is 9.93. The number of amides is 1. The Kier molecular flexibility index (Phi) is 7.20. The van der Waals surface area contributed by atoms with Crippen molar-refractivity contribution >= 4 is 17.5 Å². The van der Waals surface area contributed by atoms with Gasteiger partial charge >= 0.3 is 0 Å². The van der Waals surface area contributed by atoms with Gasteiger partial charge in [0, 0.05) is 18.5 Å². The fourth-order valence-corrected chi connectivity index (χ4v) is 2.73. The van der Waals surface area contributed by atoms with Gasteiger partial charge in [-0.1, -0.05) is 37.6 Å². The number of halogens is 1. The van der Waals surface area contributed by atoms with Crippen molar-refractivity contribution in [2.75, 3.05) is 13.6 Å². The maximum absolute atomic E-state index is 12.4. The van der Waals surface area contributed by atoms with Gasteiger partial charge in [-0.3, -0.25) is 4.79 Å². The molecule has 1 rings (SSSR count). The lowest BCUT2D eigenvalue weighted by Gasteiger charge is -2.27. The van der Waals surface area contributed by atoms with E-state index in [0.29, 0.717) is 23.9 Å². The Morgan fingerprint density at radius 3 is 2.52 bits per heavy atom. The number of carbonyl (C=O) groups excluding carboxylic acids is 1. The Morgan fingerprint density at radius 2 is 2.00 bits per heavy atom. The molecule has 1 aromatic carbocycles. The molecule has 0 heterocycles. The lowest BCUT2D eigenvalue weighted by Crippen LogP contribution is -2.32. The fourth-order valence-electron chi connectivity index (χ4n) is 2.53. The first-order valence-corrected chi connectivity index (χ1v) is 7.94. The predicted molar refractivity (Wildman–Crippen MR) is 89.3 cm³/mol. The normalized spacial score (nSPS) is 14.0. The van der Waals surface area contributed by atoms with Crippen molar-refractivity contribution < 1.29 is 4.79 Å². The molecule has 0 aliphatic carbocycles. The zero-order valence-corrected chi connectivity index (χ0v) is 14.2. The van der Waals surface area contributed by atoms with E-state index in [0.717, 1.165) is 12.0 Å². The zero-order valence-electron chi connectivity index (χ0n) is 13.5. The molecule has 0 saturated heterocycles. The van der Waals surface area contributed by atoms with Crippen LogP contribution >= 0.6 is 11.6 Å². The summed E-state index contributed by atoms with van der Waals surface area (Å²) in [4.78, 5) is 14.2. The second-order valence-corrected chi connectivity index (χ2v) is 6.61. The molecule has 3 nitrogen and oxygen atoms in total. The van der Waals surface area contributed by atoms with Gasteiger partial charge in [0.05, 0.1) is 6.04 Å². The smallest absolute Gasteiger partial charge is 0.223 e. The van der Waals surface area contributed by atoms with Gasteiger partial charge in [-0.25, -0.2) is 0 Å². The molecule has 2 unspecified atom stereocenters. The molecule has 0 saturated carbocycles. The van der Waals surface area contributed by atoms with E-state index in [1.165, 1.54) is 0 Å². The van der Waals surface area contributed by atoms with Gasteiger partial charge in [-0.2, -0.15) is 0 Å². The minimum absolute atomic E-state index is 0.00803. The van der Waals surface area contributed by atoms with Crippen LogP contribution in [0.25, 0.3) is 0 Å². The third-order valence-electron chi connectivity index (χ3n) is 3.91. The fraction of sp³-hybridized carbons (Fsp3) is 0.588. The molecule has 0 aliphatic heterocycles. The van der Waals surface area contributed by atoms with Crippen LogP contribution in [0.3, 0.4) is 0 Å². The zero-order chi connectivity index (χ0) is 16.0. The number of carbonyl (C=O) groups is 1. The van der Waals surface area contributed by atoms with Crippen molar-refractivity contribution in [1.82, 2.24) is 4.90 Å². The van der Waals surface area contributed by atoms with Crippen LogP contribution in [-0.4, -0.2) is 24.4 Å². The van der Waals surface area contributed by atoms with E-state index < -0.39 is 0 Å². The summed E-state index contributed by atoms with van der Waals surface area (Å²) in [6.07, 6.45) is 1.50. The van der Waals surface area contributed by atoms with E-state index in [9.17, 15) is 4.79 Å². The number of hydrogen-bond acceptors (Lipinski definition) is 2. The van der Waals surface area contributed by atoms with Crippen LogP contribution in [0.15, 0.2) is 24.3 Å². The molecule has 21 heavy (non-hydrogen) atoms. The first-order chi connectivity index (χ1) is 9.85. The average Bonchev–Trinajstić information content (AvgIpc) is 2.44. The third-order valence-corrected chi connectivity index (χ3v) is 4.14. The number of benzene rings is 1. The first kappa shape index (κ1) is 18.0. The quantitative estimate of drug-likeness (QED) is 0.831. The highest BCUT2D eigenvalue weighted by atomic mass is 35.5. The molecule has 0 aromatic heterocycles. The summed E-state index contributed by atoms with van der Waals surface area (Å²) in [5.74, 6) is 0.951. The van der Waals surface area contributed by atoms with Crippen molar-refractivity contribution in [3.8, 4) is 0 Å². The van der Waals surface area contributed by atoms with Crippen molar-refractivity contribution in [2.24, 2.45) is 17.6 Å². The van der Waals surface area contributed by atoms with Crippen LogP contribution in [0.2, 0.25) is 5.02 Å². The molecule has 118 valence electrons. The summed E-state index contributed by atoms with van der Waals surface area (Å²) in [5, 5.41) is 0.694. The summed E-state index contributed by atoms with van der Waals surface area (Å²) in [5.41, 5.74) is 6.84. The van der Waals surface area contributed by atoms with E-state index >= 15 is 0 Å². The predicted octanol–water partition coefficient (Wildman–Crippen LogP) is 3.87. The van der Waals surface area contributed by atoms with Crippen LogP contribution in [0.4, 0.5) is 0 Å². The molecule has 0 bridgehead atoms. The minimum Gasteiger partial charge on any atom is -0.339 e. The Morgan fingerprint density at radius 1 is 1.33 bits per heavy atom. The van der Waals surface area contributed by atoms with Crippen LogP contribution in [0, 0.1) is 11.8 Å². The summed E-state index contributed by atoms with van der Waals surface area (Å²) in [6, 6.07) is 7.66. The molecule has 1 aromatic rings. The van der Waals surface area contributed by atoms with Gasteiger partial charge in [-0.15, -0.1) is 0 Å². The van der Waals surface area contributed by atoms with Gasteiger partial charge in [0.25, 0.3) is 0 Å². The maximum Gasteiger partial charge on any atom is 0.223 e. The van der Waals surface area contributed by atoms with Crippen LogP contribution in [-0.2, 0) is 4.79 Å². The van der Waals surface area contributed by atoms with Crippen LogP contribution in [0.1, 0.15) is 45.2 Å². The molecule has 0 fully saturated rings. The lowest BCUT2D eigenvalue weighted by molar-refractivity contribution is -0.132. The molecule has 0 radical (unpaired) electrons. The summed E-state index contributed by atoms with van der Waals surface area (Å²) < 4.78 is 0. The maximum atomic E-state index is 12.4. The Balaban J connectivity index is 2.68. The molecular formula is C17H27ClN2O. The number of nitrogens with zero attached hydrogens (tertiary/aromatic N) is 1. The molecule has 1 amide bonds. The number of nitrogens with two attached hydrogens (primary N) is 1. The molecule has 0 aliphatic rings. The molecule has 2 atom stereocenters. The number of hydrogen-bond donors (Lipinski definition) is 1. The van der Waals surface area contributed by atoms with Gasteiger partial charge in [0.15, 0.2) is 0 Å². The van der Waals surface area contributed by atoms with E-state index in [1.807, 2.05) is 38.2 Å². The Labute approximate surface area is 133 Å². The summed E-state index contributed by atoms with van der Waals surface area (Å²) >= 11 is 6.02. The monoisotopic (exact) mass is 310 g/mol. The third kappa shape index (κ3) is 5.68. The Hall–Kier alpha value is -1.06. The molecule has 2 N–H and O–H groups in total. The molecule has 4 heteroatoms. The largest absolute Gasteiger partial charge is 0.339 e. The summed E-state index contributed by atoms with van der Waals surface area (Å²) in [6.45, 7) is 6.89. The highest BCUT2D eigenvalue weighted by molar-refractivity contribution is 6.30. The molecular weight excluding hydrogens is 284 g/mol. The van der Waals surface area contributed by atoms with Crippen molar-refractivity contribution in [3.63, 3.8) is 0 Å². The van der Waals surface area contributed by atoms with Crippen LogP contribution < -0.4 is 5.73 Å². The van der Waals surface area contributed by atoms with E-state index in [2.05, 4.69) is 13.8 Å². The topological polar surface area (TPSA) is 46.3 Å². The Bertz CT molecular complexity index is 462. The highest BCUT2D eigenvalue weighted by Crippen LogP contribution is 2.24. The average molecular weight is 311 g/mol. The SMILES string of the molecule is CC(C)CC(CN)CC(=O)N(C)C(C)c1cccc(Cl)c1. The van der Waals surface area contributed by atoms with Crippen molar-refractivity contribution in [1.29, 1.82) is 0 Å². The second-order valence-electron chi connectivity index (χ2n) is 6.17. The van der Waals surface area contributed by atoms with Crippen molar-refractivity contribution in [2.45, 2.75) is 39.7 Å². The van der Waals surface area contributed by atoms with Crippen molar-refractivity contribution in [3.05, 3.63) is 34.9 Å². The molecule has 0 spiro atoms. The van der Waals surface area contributed by atoms with Gasteiger partial charge in [0.1, 0.15) is 0 Å². The van der Waals surface area contributed by atoms with E-state index in [-0.39, 0.29) is 17.9 Å². The first-order valence-electron chi connectivity index (χ1n) is 7.56.